The molecule has 0 bridgehead atoms. The topological polar surface area (TPSA) is 53.6 Å². The lowest BCUT2D eigenvalue weighted by atomic mass is 10.1. The van der Waals surface area contributed by atoms with Crippen molar-refractivity contribution in [1.29, 1.82) is 0 Å². The predicted molar refractivity (Wildman–Crippen MR) is 94.8 cm³/mol. The van der Waals surface area contributed by atoms with E-state index in [1.165, 1.54) is 25.7 Å². The number of benzene rings is 1. The average Bonchev–Trinajstić information content (AvgIpc) is 3.08. The van der Waals surface area contributed by atoms with Gasteiger partial charge in [0.1, 0.15) is 0 Å². The molecule has 1 amide bonds. The standard InChI is InChI=1S/C17H23N3O2S/c21-16(20-9-11-22-12-10-20)13-5-7-15(8-6-13)19-17(23)18-14-3-1-2-4-14/h5-8,14H,1-4,9-12H2,(H2,18,19,23). The minimum Gasteiger partial charge on any atom is -0.378 e. The van der Waals surface area contributed by atoms with Gasteiger partial charge in [0, 0.05) is 30.4 Å². The molecule has 0 spiro atoms. The quantitative estimate of drug-likeness (QED) is 0.832. The van der Waals surface area contributed by atoms with Gasteiger partial charge in [-0.25, -0.2) is 0 Å². The van der Waals surface area contributed by atoms with Crippen molar-refractivity contribution in [2.75, 3.05) is 31.6 Å². The van der Waals surface area contributed by atoms with E-state index in [4.69, 9.17) is 17.0 Å². The van der Waals surface area contributed by atoms with E-state index in [2.05, 4.69) is 10.6 Å². The van der Waals surface area contributed by atoms with E-state index in [9.17, 15) is 4.79 Å². The molecular formula is C17H23N3O2S. The Hall–Kier alpha value is -1.66. The van der Waals surface area contributed by atoms with Gasteiger partial charge in [-0.3, -0.25) is 4.79 Å². The number of hydrogen-bond donors (Lipinski definition) is 2. The SMILES string of the molecule is O=C(c1ccc(NC(=S)NC2CCCC2)cc1)N1CCOCC1. The first-order valence-electron chi connectivity index (χ1n) is 8.27. The Bertz CT molecular complexity index is 549. The molecular weight excluding hydrogens is 310 g/mol. The number of nitrogens with zero attached hydrogens (tertiary/aromatic N) is 1. The molecule has 23 heavy (non-hydrogen) atoms. The fraction of sp³-hybridized carbons (Fsp3) is 0.529. The summed E-state index contributed by atoms with van der Waals surface area (Å²) in [6.07, 6.45) is 4.93. The van der Waals surface area contributed by atoms with Crippen molar-refractivity contribution >= 4 is 28.9 Å². The summed E-state index contributed by atoms with van der Waals surface area (Å²) in [5.41, 5.74) is 1.60. The number of nitrogens with one attached hydrogen (secondary N) is 2. The molecule has 1 saturated carbocycles. The zero-order chi connectivity index (χ0) is 16.1. The molecule has 3 rings (SSSR count). The number of rotatable bonds is 3. The predicted octanol–water partition coefficient (Wildman–Crippen LogP) is 2.39. The van der Waals surface area contributed by atoms with Gasteiger partial charge in [0.05, 0.1) is 13.2 Å². The molecule has 0 aromatic heterocycles. The van der Waals surface area contributed by atoms with Crippen LogP contribution in [-0.2, 0) is 4.74 Å². The van der Waals surface area contributed by atoms with Crippen LogP contribution in [0, 0.1) is 0 Å². The maximum atomic E-state index is 12.4. The normalized spacial score (nSPS) is 18.7. The molecule has 1 heterocycles. The molecule has 2 aliphatic rings. The van der Waals surface area contributed by atoms with Crippen molar-refractivity contribution in [3.8, 4) is 0 Å². The first-order valence-corrected chi connectivity index (χ1v) is 8.68. The highest BCUT2D eigenvalue weighted by atomic mass is 32.1. The first kappa shape index (κ1) is 16.2. The zero-order valence-electron chi connectivity index (χ0n) is 13.2. The molecule has 1 aromatic carbocycles. The Morgan fingerprint density at radius 1 is 1.13 bits per heavy atom. The van der Waals surface area contributed by atoms with Gasteiger partial charge in [-0.05, 0) is 49.3 Å². The van der Waals surface area contributed by atoms with Crippen LogP contribution < -0.4 is 10.6 Å². The second-order valence-electron chi connectivity index (χ2n) is 6.06. The van der Waals surface area contributed by atoms with Gasteiger partial charge in [0.15, 0.2) is 5.11 Å². The molecule has 0 radical (unpaired) electrons. The Balaban J connectivity index is 1.53. The van der Waals surface area contributed by atoms with Crippen molar-refractivity contribution < 1.29 is 9.53 Å². The lowest BCUT2D eigenvalue weighted by Crippen LogP contribution is -2.40. The summed E-state index contributed by atoms with van der Waals surface area (Å²) < 4.78 is 5.28. The zero-order valence-corrected chi connectivity index (χ0v) is 14.0. The number of hydrogen-bond acceptors (Lipinski definition) is 3. The largest absolute Gasteiger partial charge is 0.378 e. The van der Waals surface area contributed by atoms with Crippen LogP contribution in [0.15, 0.2) is 24.3 Å². The summed E-state index contributed by atoms with van der Waals surface area (Å²) in [6.45, 7) is 2.56. The molecule has 1 aromatic rings. The average molecular weight is 333 g/mol. The minimum atomic E-state index is 0.0616. The van der Waals surface area contributed by atoms with Gasteiger partial charge >= 0.3 is 0 Å². The Kier molecular flexibility index (Phi) is 5.46. The Morgan fingerprint density at radius 3 is 2.43 bits per heavy atom. The number of morpholine rings is 1. The fourth-order valence-corrected chi connectivity index (χ4v) is 3.35. The number of anilines is 1. The van der Waals surface area contributed by atoms with Crippen molar-refractivity contribution in [2.24, 2.45) is 0 Å². The highest BCUT2D eigenvalue weighted by molar-refractivity contribution is 7.80. The minimum absolute atomic E-state index is 0.0616. The van der Waals surface area contributed by atoms with E-state index in [0.29, 0.717) is 43.0 Å². The van der Waals surface area contributed by atoms with Crippen LogP contribution in [-0.4, -0.2) is 48.3 Å². The van der Waals surface area contributed by atoms with E-state index >= 15 is 0 Å². The molecule has 1 aliphatic heterocycles. The van der Waals surface area contributed by atoms with Crippen LogP contribution >= 0.6 is 12.2 Å². The second-order valence-corrected chi connectivity index (χ2v) is 6.47. The van der Waals surface area contributed by atoms with E-state index in [1.54, 1.807) is 0 Å². The number of amides is 1. The Morgan fingerprint density at radius 2 is 1.78 bits per heavy atom. The van der Waals surface area contributed by atoms with Gasteiger partial charge in [0.2, 0.25) is 0 Å². The van der Waals surface area contributed by atoms with Gasteiger partial charge in [-0.2, -0.15) is 0 Å². The molecule has 2 N–H and O–H groups in total. The molecule has 2 fully saturated rings. The summed E-state index contributed by atoms with van der Waals surface area (Å²) in [4.78, 5) is 14.2. The summed E-state index contributed by atoms with van der Waals surface area (Å²) in [6, 6.07) is 7.99. The van der Waals surface area contributed by atoms with Crippen molar-refractivity contribution in [2.45, 2.75) is 31.7 Å². The number of carbonyl (C=O) groups excluding carboxylic acids is 1. The molecule has 124 valence electrons. The first-order chi connectivity index (χ1) is 11.2. The van der Waals surface area contributed by atoms with Crippen LogP contribution in [0.25, 0.3) is 0 Å². The van der Waals surface area contributed by atoms with Crippen LogP contribution in [0.4, 0.5) is 5.69 Å². The van der Waals surface area contributed by atoms with Gasteiger partial charge in [-0.1, -0.05) is 12.8 Å². The maximum Gasteiger partial charge on any atom is 0.254 e. The van der Waals surface area contributed by atoms with Crippen LogP contribution in [0.2, 0.25) is 0 Å². The molecule has 0 unspecified atom stereocenters. The fourth-order valence-electron chi connectivity index (χ4n) is 3.07. The number of thiocarbonyl (C=S) groups is 1. The van der Waals surface area contributed by atoms with Crippen LogP contribution in [0.5, 0.6) is 0 Å². The molecule has 6 heteroatoms. The van der Waals surface area contributed by atoms with Gasteiger partial charge < -0.3 is 20.3 Å². The molecule has 0 atom stereocenters. The van der Waals surface area contributed by atoms with E-state index < -0.39 is 0 Å². The monoisotopic (exact) mass is 333 g/mol. The number of ether oxygens (including phenoxy) is 1. The third kappa shape index (κ3) is 4.42. The van der Waals surface area contributed by atoms with Crippen LogP contribution in [0.1, 0.15) is 36.0 Å². The second kappa shape index (κ2) is 7.75. The van der Waals surface area contributed by atoms with E-state index in [1.807, 2.05) is 29.2 Å². The molecule has 1 aliphatic carbocycles. The summed E-state index contributed by atoms with van der Waals surface area (Å²) in [7, 11) is 0. The summed E-state index contributed by atoms with van der Waals surface area (Å²) in [5.74, 6) is 0.0616. The third-order valence-electron chi connectivity index (χ3n) is 4.38. The molecule has 1 saturated heterocycles. The summed E-state index contributed by atoms with van der Waals surface area (Å²) >= 11 is 5.35. The smallest absolute Gasteiger partial charge is 0.254 e. The van der Waals surface area contributed by atoms with Crippen LogP contribution in [0.3, 0.4) is 0 Å². The highest BCUT2D eigenvalue weighted by Gasteiger charge is 2.18. The van der Waals surface area contributed by atoms with E-state index in [-0.39, 0.29) is 5.91 Å². The Labute approximate surface area is 142 Å². The van der Waals surface area contributed by atoms with Gasteiger partial charge in [0.25, 0.3) is 5.91 Å². The summed E-state index contributed by atoms with van der Waals surface area (Å²) in [5, 5.41) is 7.19. The highest BCUT2D eigenvalue weighted by Crippen LogP contribution is 2.18. The third-order valence-corrected chi connectivity index (χ3v) is 4.60. The van der Waals surface area contributed by atoms with Crippen molar-refractivity contribution in [3.05, 3.63) is 29.8 Å². The lowest BCUT2D eigenvalue weighted by molar-refractivity contribution is 0.0303. The van der Waals surface area contributed by atoms with Crippen molar-refractivity contribution in [3.63, 3.8) is 0 Å². The van der Waals surface area contributed by atoms with Crippen molar-refractivity contribution in [1.82, 2.24) is 10.2 Å². The molecule has 5 nitrogen and oxygen atoms in total. The maximum absolute atomic E-state index is 12.4. The lowest BCUT2D eigenvalue weighted by Gasteiger charge is -2.26. The number of carbonyl (C=O) groups is 1. The van der Waals surface area contributed by atoms with Gasteiger partial charge in [-0.15, -0.1) is 0 Å². The van der Waals surface area contributed by atoms with E-state index in [0.717, 1.165) is 5.69 Å².